The lowest BCUT2D eigenvalue weighted by Gasteiger charge is -2.22. The van der Waals surface area contributed by atoms with Crippen LogP contribution in [-0.2, 0) is 6.54 Å². The number of rotatable bonds is 3. The quantitative estimate of drug-likeness (QED) is 0.910. The van der Waals surface area contributed by atoms with E-state index in [1.165, 1.54) is 24.3 Å². The van der Waals surface area contributed by atoms with Gasteiger partial charge in [-0.25, -0.2) is 4.98 Å². The van der Waals surface area contributed by atoms with Gasteiger partial charge in [-0.15, -0.1) is 11.3 Å². The first-order chi connectivity index (χ1) is 7.92. The summed E-state index contributed by atoms with van der Waals surface area (Å²) in [6, 6.07) is 0.695. The first kappa shape index (κ1) is 10.6. The van der Waals surface area contributed by atoms with Crippen molar-refractivity contribution >= 4 is 28.1 Å². The molecule has 0 spiro atoms. The summed E-state index contributed by atoms with van der Waals surface area (Å²) in [4.78, 5) is 5.66. The topological polar surface area (TPSA) is 29.3 Å². The Morgan fingerprint density at radius 3 is 3.12 bits per heavy atom. The van der Waals surface area contributed by atoms with Crippen molar-refractivity contribution in [2.45, 2.75) is 25.4 Å². The molecule has 0 amide bonds. The fourth-order valence-electron chi connectivity index (χ4n) is 2.01. The van der Waals surface area contributed by atoms with E-state index in [0.29, 0.717) is 6.04 Å². The Labute approximate surface area is 103 Å². The van der Waals surface area contributed by atoms with Gasteiger partial charge in [-0.05, 0) is 24.3 Å². The van der Waals surface area contributed by atoms with Gasteiger partial charge in [-0.2, -0.15) is 11.8 Å². The minimum Gasteiger partial charge on any atom is -0.308 e. The highest BCUT2D eigenvalue weighted by molar-refractivity contribution is 7.99. The Morgan fingerprint density at radius 2 is 2.31 bits per heavy atom. The summed E-state index contributed by atoms with van der Waals surface area (Å²) in [6.45, 7) is 0.906. The molecule has 0 bridgehead atoms. The van der Waals surface area contributed by atoms with Crippen LogP contribution in [0.1, 0.15) is 18.5 Å². The van der Waals surface area contributed by atoms with Gasteiger partial charge in [0.15, 0.2) is 4.96 Å². The normalized spacial score (nSPS) is 18.2. The largest absolute Gasteiger partial charge is 0.308 e. The first-order valence-corrected chi connectivity index (χ1v) is 7.67. The number of hydrogen-bond acceptors (Lipinski definition) is 4. The van der Waals surface area contributed by atoms with Crippen molar-refractivity contribution in [1.82, 2.24) is 14.7 Å². The molecule has 2 aromatic rings. The van der Waals surface area contributed by atoms with E-state index in [2.05, 4.69) is 44.2 Å². The van der Waals surface area contributed by atoms with Crippen LogP contribution >= 0.6 is 23.1 Å². The predicted octanol–water partition coefficient (Wildman–Crippen LogP) is 2.38. The molecule has 1 saturated heterocycles. The molecule has 3 nitrogen and oxygen atoms in total. The number of fused-ring (bicyclic) bond motifs is 1. The van der Waals surface area contributed by atoms with Crippen molar-refractivity contribution < 1.29 is 0 Å². The van der Waals surface area contributed by atoms with E-state index < -0.39 is 0 Å². The lowest BCUT2D eigenvalue weighted by molar-refractivity contribution is 0.479. The Kier molecular flexibility index (Phi) is 3.17. The van der Waals surface area contributed by atoms with Crippen LogP contribution in [-0.4, -0.2) is 26.9 Å². The van der Waals surface area contributed by atoms with E-state index in [0.717, 1.165) is 17.2 Å². The van der Waals surface area contributed by atoms with Gasteiger partial charge < -0.3 is 5.32 Å². The Bertz CT molecular complexity index is 428. The monoisotopic (exact) mass is 253 g/mol. The predicted molar refractivity (Wildman–Crippen MR) is 70.3 cm³/mol. The van der Waals surface area contributed by atoms with E-state index in [9.17, 15) is 0 Å². The van der Waals surface area contributed by atoms with Crippen LogP contribution in [0.3, 0.4) is 0 Å². The minimum atomic E-state index is 0.695. The molecule has 1 fully saturated rings. The molecule has 1 aliphatic rings. The first-order valence-electron chi connectivity index (χ1n) is 5.64. The zero-order valence-electron chi connectivity index (χ0n) is 9.06. The third kappa shape index (κ3) is 2.26. The number of nitrogens with one attached hydrogen (secondary N) is 1. The van der Waals surface area contributed by atoms with Crippen LogP contribution in [0.2, 0.25) is 0 Å². The molecule has 86 valence electrons. The van der Waals surface area contributed by atoms with Crippen LogP contribution in [0.25, 0.3) is 4.96 Å². The number of thioether (sulfide) groups is 1. The van der Waals surface area contributed by atoms with Crippen molar-refractivity contribution in [2.24, 2.45) is 0 Å². The van der Waals surface area contributed by atoms with E-state index in [-0.39, 0.29) is 0 Å². The van der Waals surface area contributed by atoms with Gasteiger partial charge in [-0.3, -0.25) is 4.40 Å². The van der Waals surface area contributed by atoms with Crippen LogP contribution in [0.15, 0.2) is 17.8 Å². The second-order valence-electron chi connectivity index (χ2n) is 4.09. The zero-order valence-corrected chi connectivity index (χ0v) is 10.7. The number of imidazole rings is 1. The van der Waals surface area contributed by atoms with E-state index >= 15 is 0 Å². The molecule has 0 aliphatic carbocycles. The molecule has 3 heterocycles. The van der Waals surface area contributed by atoms with Gasteiger partial charge in [0.25, 0.3) is 0 Å². The summed E-state index contributed by atoms with van der Waals surface area (Å²) in [7, 11) is 0. The second-order valence-corrected chi connectivity index (χ2v) is 6.19. The molecular formula is C11H15N3S2. The molecule has 0 radical (unpaired) electrons. The fourth-order valence-corrected chi connectivity index (χ4v) is 3.84. The molecule has 5 heteroatoms. The summed E-state index contributed by atoms with van der Waals surface area (Å²) in [5, 5.41) is 5.67. The molecule has 1 N–H and O–H groups in total. The van der Waals surface area contributed by atoms with Crippen molar-refractivity contribution in [1.29, 1.82) is 0 Å². The third-order valence-electron chi connectivity index (χ3n) is 2.94. The van der Waals surface area contributed by atoms with Gasteiger partial charge in [0, 0.05) is 30.4 Å². The highest BCUT2D eigenvalue weighted by Crippen LogP contribution is 2.17. The molecule has 1 aliphatic heterocycles. The lowest BCUT2D eigenvalue weighted by atomic mass is 10.1. The molecule has 16 heavy (non-hydrogen) atoms. The average Bonchev–Trinajstić information content (AvgIpc) is 2.88. The average molecular weight is 253 g/mol. The Balaban J connectivity index is 1.59. The number of thiazole rings is 1. The van der Waals surface area contributed by atoms with Crippen LogP contribution < -0.4 is 5.32 Å². The summed E-state index contributed by atoms with van der Waals surface area (Å²) < 4.78 is 2.10. The highest BCUT2D eigenvalue weighted by atomic mass is 32.2. The second kappa shape index (κ2) is 4.77. The van der Waals surface area contributed by atoms with Gasteiger partial charge in [0.05, 0.1) is 5.69 Å². The summed E-state index contributed by atoms with van der Waals surface area (Å²) in [5.41, 5.74) is 1.16. The smallest absolute Gasteiger partial charge is 0.193 e. The van der Waals surface area contributed by atoms with Crippen molar-refractivity contribution in [3.63, 3.8) is 0 Å². The van der Waals surface area contributed by atoms with Gasteiger partial charge in [0.1, 0.15) is 0 Å². The zero-order chi connectivity index (χ0) is 10.8. The lowest BCUT2D eigenvalue weighted by Crippen LogP contribution is -2.32. The van der Waals surface area contributed by atoms with Crippen LogP contribution in [0, 0.1) is 0 Å². The number of hydrogen-bond donors (Lipinski definition) is 1. The third-order valence-corrected chi connectivity index (χ3v) is 4.76. The molecule has 0 aromatic carbocycles. The highest BCUT2D eigenvalue weighted by Gasteiger charge is 2.13. The maximum atomic E-state index is 4.57. The number of aromatic nitrogens is 2. The number of nitrogens with zero attached hydrogens (tertiary/aromatic N) is 2. The fraction of sp³-hybridized carbons (Fsp3) is 0.545. The van der Waals surface area contributed by atoms with E-state index in [1.807, 2.05) is 0 Å². The molecule has 3 rings (SSSR count). The van der Waals surface area contributed by atoms with Crippen molar-refractivity contribution in [2.75, 3.05) is 11.5 Å². The summed E-state index contributed by atoms with van der Waals surface area (Å²) >= 11 is 3.76. The molecule has 0 saturated carbocycles. The van der Waals surface area contributed by atoms with Gasteiger partial charge >= 0.3 is 0 Å². The van der Waals surface area contributed by atoms with Crippen molar-refractivity contribution in [3.05, 3.63) is 23.5 Å². The molecule has 0 unspecified atom stereocenters. The Morgan fingerprint density at radius 1 is 1.44 bits per heavy atom. The van der Waals surface area contributed by atoms with E-state index in [4.69, 9.17) is 0 Å². The molecule has 0 atom stereocenters. The standard InChI is InChI=1S/C11H15N3S2/c1-4-15-5-2-9(1)12-7-10-8-14-3-6-16-11(14)13-10/h3,6,8-9,12H,1-2,4-5,7H2. The molecular weight excluding hydrogens is 238 g/mol. The molecule has 2 aromatic heterocycles. The maximum Gasteiger partial charge on any atom is 0.193 e. The van der Waals surface area contributed by atoms with Gasteiger partial charge in [-0.1, -0.05) is 0 Å². The van der Waals surface area contributed by atoms with Gasteiger partial charge in [0.2, 0.25) is 0 Å². The summed E-state index contributed by atoms with van der Waals surface area (Å²) in [6.07, 6.45) is 6.78. The SMILES string of the molecule is c1cn2cc(CNC3CCSCC3)nc2s1. The van der Waals surface area contributed by atoms with Crippen LogP contribution in [0.5, 0.6) is 0 Å². The van der Waals surface area contributed by atoms with Crippen LogP contribution in [0.4, 0.5) is 0 Å². The van der Waals surface area contributed by atoms with Crippen molar-refractivity contribution in [3.8, 4) is 0 Å². The Hall–Kier alpha value is -0.520. The summed E-state index contributed by atoms with van der Waals surface area (Å²) in [5.74, 6) is 2.60. The minimum absolute atomic E-state index is 0.695. The van der Waals surface area contributed by atoms with E-state index in [1.54, 1.807) is 11.3 Å². The maximum absolute atomic E-state index is 4.57.